The minimum atomic E-state index is -4.40. The van der Waals surface area contributed by atoms with Gasteiger partial charge in [0.15, 0.2) is 5.13 Å². The van der Waals surface area contributed by atoms with Gasteiger partial charge >= 0.3 is 0 Å². The number of sulfonamides is 1. The second-order valence-corrected chi connectivity index (χ2v) is 15.0. The molecule has 254 valence electrons. The lowest BCUT2D eigenvalue weighted by atomic mass is 9.87. The molecular weight excluding hydrogens is 652 g/mol. The van der Waals surface area contributed by atoms with Crippen LogP contribution in [0.5, 0.6) is 17.2 Å². The molecule has 48 heavy (non-hydrogen) atoms. The van der Waals surface area contributed by atoms with Gasteiger partial charge in [0, 0.05) is 47.5 Å². The van der Waals surface area contributed by atoms with E-state index in [1.165, 1.54) is 38.1 Å². The number of aromatic nitrogens is 1. The molecule has 6 rings (SSSR count). The summed E-state index contributed by atoms with van der Waals surface area (Å²) in [7, 11) is 0.308. The van der Waals surface area contributed by atoms with Gasteiger partial charge in [0.05, 0.1) is 27.9 Å². The van der Waals surface area contributed by atoms with Crippen LogP contribution in [-0.4, -0.2) is 64.8 Å². The lowest BCUT2D eigenvalue weighted by Crippen LogP contribution is -2.44. The van der Waals surface area contributed by atoms with Crippen molar-refractivity contribution in [1.29, 1.82) is 0 Å². The fraction of sp³-hybridized carbons (Fsp3) is 0.361. The van der Waals surface area contributed by atoms with Gasteiger partial charge < -0.3 is 19.5 Å². The first kappa shape index (κ1) is 33.8. The first-order valence-corrected chi connectivity index (χ1v) is 18.2. The van der Waals surface area contributed by atoms with Crippen LogP contribution >= 0.6 is 11.3 Å². The minimum Gasteiger partial charge on any atom is -0.497 e. The maximum Gasteiger partial charge on any atom is 0.269 e. The van der Waals surface area contributed by atoms with Gasteiger partial charge in [-0.3, -0.25) is 4.90 Å². The third kappa shape index (κ3) is 6.74. The molecule has 0 unspecified atom stereocenters. The first-order valence-electron chi connectivity index (χ1n) is 15.9. The number of thiazole rings is 1. The number of hydrogen-bond donors (Lipinski definition) is 1. The summed E-state index contributed by atoms with van der Waals surface area (Å²) in [5.74, 6) is 1.51. The van der Waals surface area contributed by atoms with Crippen LogP contribution in [0.1, 0.15) is 36.0 Å². The Morgan fingerprint density at radius 3 is 2.56 bits per heavy atom. The van der Waals surface area contributed by atoms with Crippen molar-refractivity contribution in [2.24, 2.45) is 5.92 Å². The standard InChI is InChI=1S/C36H41FN4O5S2/c1-5-27-18-34(48(42,43)41(35-38-14-16-47-35)23-28-9-12-30(45-3)19-33(28)46-4)31(37)20-32(27)39-24-36-13-6-15-40(36)22-26(21-36)17-25-7-10-29(44-2)11-8-25/h5,7-12,14,16,18-20,26,39H,1,6,13,15,17,21-24H2,2-4H3/t26-,36+/m1/s1. The van der Waals surface area contributed by atoms with Crippen molar-refractivity contribution >= 4 is 38.3 Å². The zero-order valence-electron chi connectivity index (χ0n) is 27.4. The first-order chi connectivity index (χ1) is 23.2. The van der Waals surface area contributed by atoms with Crippen molar-refractivity contribution in [3.63, 3.8) is 0 Å². The average Bonchev–Trinajstić information content (AvgIpc) is 3.84. The van der Waals surface area contributed by atoms with Crippen molar-refractivity contribution in [2.75, 3.05) is 50.6 Å². The molecule has 2 aliphatic heterocycles. The fourth-order valence-corrected chi connectivity index (χ4v) is 9.48. The van der Waals surface area contributed by atoms with Crippen LogP contribution in [0.4, 0.5) is 15.2 Å². The van der Waals surface area contributed by atoms with Crippen molar-refractivity contribution < 1.29 is 27.0 Å². The smallest absolute Gasteiger partial charge is 0.269 e. The molecule has 2 atom stereocenters. The molecule has 0 spiro atoms. The summed E-state index contributed by atoms with van der Waals surface area (Å²) in [4.78, 5) is 6.38. The molecule has 0 amide bonds. The number of anilines is 2. The normalized spacial score (nSPS) is 19.1. The lowest BCUT2D eigenvalue weighted by Gasteiger charge is -2.33. The number of rotatable bonds is 14. The predicted molar refractivity (Wildman–Crippen MR) is 188 cm³/mol. The molecule has 2 aliphatic rings. The molecule has 1 aromatic heterocycles. The summed E-state index contributed by atoms with van der Waals surface area (Å²) in [6.45, 7) is 6.48. The molecule has 2 fully saturated rings. The maximum absolute atomic E-state index is 16.0. The quantitative estimate of drug-likeness (QED) is 0.153. The molecule has 3 aromatic carbocycles. The van der Waals surface area contributed by atoms with Crippen LogP contribution in [0.25, 0.3) is 6.08 Å². The van der Waals surface area contributed by atoms with Crippen molar-refractivity contribution in [2.45, 2.75) is 42.7 Å². The summed E-state index contributed by atoms with van der Waals surface area (Å²) in [5.41, 5.74) is 2.83. The van der Waals surface area contributed by atoms with Crippen LogP contribution in [0.2, 0.25) is 0 Å². The van der Waals surface area contributed by atoms with Gasteiger partial charge in [-0.2, -0.15) is 0 Å². The van der Waals surface area contributed by atoms with E-state index in [-0.39, 0.29) is 17.2 Å². The second kappa shape index (κ2) is 14.2. The molecule has 4 aromatic rings. The molecular formula is C36H41FN4O5S2. The summed E-state index contributed by atoms with van der Waals surface area (Å²) in [5, 5.41) is 5.38. The monoisotopic (exact) mass is 692 g/mol. The Morgan fingerprint density at radius 1 is 1.10 bits per heavy atom. The van der Waals surface area contributed by atoms with E-state index in [9.17, 15) is 8.42 Å². The van der Waals surface area contributed by atoms with Crippen LogP contribution in [0.3, 0.4) is 0 Å². The summed E-state index contributed by atoms with van der Waals surface area (Å²) in [6, 6.07) is 16.0. The number of halogens is 1. The number of ether oxygens (including phenoxy) is 3. The van der Waals surface area contributed by atoms with E-state index in [1.54, 1.807) is 36.8 Å². The molecule has 2 saturated heterocycles. The van der Waals surface area contributed by atoms with E-state index in [0.29, 0.717) is 40.8 Å². The van der Waals surface area contributed by atoms with Crippen LogP contribution in [-0.2, 0) is 23.0 Å². The Morgan fingerprint density at radius 2 is 1.88 bits per heavy atom. The number of methoxy groups -OCH3 is 3. The van der Waals surface area contributed by atoms with Crippen molar-refractivity contribution in [3.05, 3.63) is 95.3 Å². The van der Waals surface area contributed by atoms with Crippen molar-refractivity contribution in [1.82, 2.24) is 9.88 Å². The van der Waals surface area contributed by atoms with Gasteiger partial charge in [0.1, 0.15) is 28.0 Å². The third-order valence-corrected chi connectivity index (χ3v) is 12.2. The number of benzene rings is 3. The summed E-state index contributed by atoms with van der Waals surface area (Å²) >= 11 is 1.15. The average molecular weight is 693 g/mol. The number of fused-ring (bicyclic) bond motifs is 1. The van der Waals surface area contributed by atoms with E-state index in [0.717, 1.165) is 60.2 Å². The highest BCUT2D eigenvalue weighted by Crippen LogP contribution is 2.43. The molecule has 0 bridgehead atoms. The van der Waals surface area contributed by atoms with Crippen LogP contribution in [0, 0.1) is 11.7 Å². The van der Waals surface area contributed by atoms with Crippen LogP contribution in [0.15, 0.2) is 77.6 Å². The highest BCUT2D eigenvalue weighted by atomic mass is 32.2. The molecule has 1 N–H and O–H groups in total. The topological polar surface area (TPSA) is 93.2 Å². The Kier molecular flexibility index (Phi) is 9.95. The highest BCUT2D eigenvalue weighted by Gasteiger charge is 2.48. The summed E-state index contributed by atoms with van der Waals surface area (Å²) < 4.78 is 61.7. The number of nitrogens with zero attached hydrogens (tertiary/aromatic N) is 3. The predicted octanol–water partition coefficient (Wildman–Crippen LogP) is 6.86. The van der Waals surface area contributed by atoms with Gasteiger partial charge in [0.2, 0.25) is 0 Å². The van der Waals surface area contributed by atoms with Crippen LogP contribution < -0.4 is 23.8 Å². The van der Waals surface area contributed by atoms with E-state index < -0.39 is 20.7 Å². The largest absolute Gasteiger partial charge is 0.497 e. The van der Waals surface area contributed by atoms with Gasteiger partial charge in [-0.1, -0.05) is 24.8 Å². The van der Waals surface area contributed by atoms with Gasteiger partial charge in [-0.05, 0) is 85.7 Å². The van der Waals surface area contributed by atoms with Crippen molar-refractivity contribution in [3.8, 4) is 17.2 Å². The Balaban J connectivity index is 1.23. The van der Waals surface area contributed by atoms with E-state index in [1.807, 2.05) is 12.1 Å². The van der Waals surface area contributed by atoms with E-state index >= 15 is 4.39 Å². The van der Waals surface area contributed by atoms with Gasteiger partial charge in [0.25, 0.3) is 10.0 Å². The Labute approximate surface area is 286 Å². The third-order valence-electron chi connectivity index (χ3n) is 9.51. The molecule has 0 radical (unpaired) electrons. The van der Waals surface area contributed by atoms with E-state index in [2.05, 4.69) is 33.9 Å². The van der Waals surface area contributed by atoms with Gasteiger partial charge in [-0.25, -0.2) is 22.1 Å². The Hall–Kier alpha value is -4.13. The molecule has 0 saturated carbocycles. The Bertz CT molecular complexity index is 1850. The molecule has 12 heteroatoms. The zero-order chi connectivity index (χ0) is 33.9. The summed E-state index contributed by atoms with van der Waals surface area (Å²) in [6.07, 6.45) is 7.26. The second-order valence-electron chi connectivity index (χ2n) is 12.3. The number of hydrogen-bond acceptors (Lipinski definition) is 9. The van der Waals surface area contributed by atoms with E-state index in [4.69, 9.17) is 14.2 Å². The SMILES string of the molecule is C=Cc1cc(S(=O)(=O)N(Cc2ccc(OC)cc2OC)c2nccs2)c(F)cc1NC[C@@]12CCCN1C[C@H](Cc1ccc(OC)cc1)C2. The molecule has 0 aliphatic carbocycles. The number of nitrogens with one attached hydrogen (secondary N) is 1. The molecule has 3 heterocycles. The van der Waals surface area contributed by atoms with Gasteiger partial charge in [-0.15, -0.1) is 11.3 Å². The minimum absolute atomic E-state index is 0.0458. The fourth-order valence-electron chi connectivity index (χ4n) is 7.13. The zero-order valence-corrected chi connectivity index (χ0v) is 29.1. The highest BCUT2D eigenvalue weighted by molar-refractivity contribution is 7.93. The lowest BCUT2D eigenvalue weighted by molar-refractivity contribution is 0.209. The maximum atomic E-state index is 16.0. The molecule has 9 nitrogen and oxygen atoms in total.